The normalized spacial score (nSPS) is 10.2. The first kappa shape index (κ1) is 17.9. The number of hydrogen-bond donors (Lipinski definition) is 2. The lowest BCUT2D eigenvalue weighted by molar-refractivity contribution is -0.148. The third kappa shape index (κ3) is 3.69. The van der Waals surface area contributed by atoms with E-state index in [0.717, 1.165) is 16.0 Å². The van der Waals surface area contributed by atoms with Gasteiger partial charge in [-0.1, -0.05) is 54.6 Å². The van der Waals surface area contributed by atoms with E-state index in [9.17, 15) is 24.6 Å². The fourth-order valence-corrected chi connectivity index (χ4v) is 2.74. The fraction of sp³-hybridized carbons (Fsp3) is 0. The second kappa shape index (κ2) is 7.53. The van der Waals surface area contributed by atoms with Crippen molar-refractivity contribution in [1.82, 2.24) is 0 Å². The smallest absolute Gasteiger partial charge is 0.395 e. The molecule has 0 aliphatic carbocycles. The fourth-order valence-electron chi connectivity index (χ4n) is 2.74. The highest BCUT2D eigenvalue weighted by Gasteiger charge is 2.27. The molecule has 0 aliphatic heterocycles. The van der Waals surface area contributed by atoms with Gasteiger partial charge in [0.2, 0.25) is 0 Å². The van der Waals surface area contributed by atoms with E-state index in [4.69, 9.17) is 0 Å². The molecule has 3 aromatic carbocycles. The summed E-state index contributed by atoms with van der Waals surface area (Å²) in [6.07, 6.45) is 0. The molecule has 6 heteroatoms. The first-order valence-corrected chi connectivity index (χ1v) is 8.04. The number of carbonyl (C=O) groups is 3. The Morgan fingerprint density at radius 1 is 0.667 bits per heavy atom. The average molecular weight is 361 g/mol. The molecule has 0 radical (unpaired) electrons. The van der Waals surface area contributed by atoms with Gasteiger partial charge in [0.05, 0.1) is 11.3 Å². The molecular weight excluding hydrogens is 346 g/mol. The molecule has 27 heavy (non-hydrogen) atoms. The number of carbonyl (C=O) groups excluding carboxylic acids is 1. The number of carboxylic acids is 2. The van der Waals surface area contributed by atoms with Gasteiger partial charge < -0.3 is 10.2 Å². The Morgan fingerprint density at radius 3 is 1.81 bits per heavy atom. The molecule has 0 bridgehead atoms. The number of amides is 1. The van der Waals surface area contributed by atoms with E-state index in [-0.39, 0.29) is 16.9 Å². The van der Waals surface area contributed by atoms with Crippen LogP contribution in [-0.2, 0) is 9.59 Å². The van der Waals surface area contributed by atoms with E-state index in [1.54, 1.807) is 30.3 Å². The summed E-state index contributed by atoms with van der Waals surface area (Å²) >= 11 is 0. The van der Waals surface area contributed by atoms with Crippen LogP contribution in [0.15, 0.2) is 78.9 Å². The summed E-state index contributed by atoms with van der Waals surface area (Å²) in [5, 5.41) is 18.6. The monoisotopic (exact) mass is 361 g/mol. The predicted molar refractivity (Wildman–Crippen MR) is 100 cm³/mol. The number of aromatic carboxylic acids is 1. The molecule has 6 nitrogen and oxygen atoms in total. The summed E-state index contributed by atoms with van der Waals surface area (Å²) in [4.78, 5) is 36.0. The van der Waals surface area contributed by atoms with Crippen LogP contribution in [0.25, 0.3) is 11.1 Å². The van der Waals surface area contributed by atoms with Gasteiger partial charge in [0.1, 0.15) is 0 Å². The molecule has 3 rings (SSSR count). The lowest BCUT2D eigenvalue weighted by Crippen LogP contribution is -2.33. The molecule has 1 amide bonds. The van der Waals surface area contributed by atoms with Crippen LogP contribution in [0.1, 0.15) is 10.4 Å². The van der Waals surface area contributed by atoms with Crippen molar-refractivity contribution in [2.24, 2.45) is 0 Å². The van der Waals surface area contributed by atoms with E-state index in [0.29, 0.717) is 0 Å². The molecule has 134 valence electrons. The van der Waals surface area contributed by atoms with Crippen molar-refractivity contribution >= 4 is 29.2 Å². The number of carboxylic acid groups (broad SMARTS) is 2. The average Bonchev–Trinajstić information content (AvgIpc) is 2.69. The molecule has 0 atom stereocenters. The standard InChI is InChI=1S/C21H15NO5/c23-19(21(26)27)22(18-9-5-4-8-17(18)20(24)25)16-12-10-15(11-13-16)14-6-2-1-3-7-14/h1-13H,(H,24,25)(H,26,27). The van der Waals surface area contributed by atoms with Gasteiger partial charge in [-0.15, -0.1) is 0 Å². The van der Waals surface area contributed by atoms with Crippen LogP contribution in [0.5, 0.6) is 0 Å². The maximum Gasteiger partial charge on any atom is 0.395 e. The van der Waals surface area contributed by atoms with Gasteiger partial charge >= 0.3 is 17.8 Å². The molecule has 0 aromatic heterocycles. The lowest BCUT2D eigenvalue weighted by atomic mass is 10.0. The SMILES string of the molecule is O=C(O)C(=O)N(c1ccc(-c2ccccc2)cc1)c1ccccc1C(=O)O. The highest BCUT2D eigenvalue weighted by atomic mass is 16.4. The van der Waals surface area contributed by atoms with Crippen LogP contribution in [0.2, 0.25) is 0 Å². The molecule has 0 unspecified atom stereocenters. The maximum atomic E-state index is 12.3. The zero-order chi connectivity index (χ0) is 19.4. The maximum absolute atomic E-state index is 12.3. The first-order valence-electron chi connectivity index (χ1n) is 8.04. The summed E-state index contributed by atoms with van der Waals surface area (Å²) < 4.78 is 0. The van der Waals surface area contributed by atoms with Crippen molar-refractivity contribution in [2.45, 2.75) is 0 Å². The van der Waals surface area contributed by atoms with Gasteiger partial charge in [-0.05, 0) is 35.4 Å². The zero-order valence-corrected chi connectivity index (χ0v) is 14.1. The molecular formula is C21H15NO5. The Bertz CT molecular complexity index is 997. The first-order chi connectivity index (χ1) is 13.0. The Morgan fingerprint density at radius 2 is 1.22 bits per heavy atom. The summed E-state index contributed by atoms with van der Waals surface area (Å²) in [5.41, 5.74) is 1.93. The van der Waals surface area contributed by atoms with E-state index in [1.165, 1.54) is 18.2 Å². The summed E-state index contributed by atoms with van der Waals surface area (Å²) in [7, 11) is 0. The van der Waals surface area contributed by atoms with Crippen LogP contribution in [0.4, 0.5) is 11.4 Å². The Balaban J connectivity index is 2.09. The molecule has 0 saturated heterocycles. The highest BCUT2D eigenvalue weighted by Crippen LogP contribution is 2.31. The van der Waals surface area contributed by atoms with E-state index in [1.807, 2.05) is 30.3 Å². The molecule has 0 spiro atoms. The van der Waals surface area contributed by atoms with Gasteiger partial charge in [0.15, 0.2) is 0 Å². The molecule has 0 saturated carbocycles. The van der Waals surface area contributed by atoms with Gasteiger partial charge in [-0.25, -0.2) is 9.59 Å². The number of aliphatic carboxylic acids is 1. The second-order valence-electron chi connectivity index (χ2n) is 5.68. The number of para-hydroxylation sites is 1. The van der Waals surface area contributed by atoms with Crippen LogP contribution in [-0.4, -0.2) is 28.1 Å². The minimum Gasteiger partial charge on any atom is -0.478 e. The van der Waals surface area contributed by atoms with Crippen molar-refractivity contribution in [3.05, 3.63) is 84.4 Å². The van der Waals surface area contributed by atoms with E-state index >= 15 is 0 Å². The zero-order valence-electron chi connectivity index (χ0n) is 14.1. The van der Waals surface area contributed by atoms with Gasteiger partial charge in [-0.3, -0.25) is 9.69 Å². The minimum atomic E-state index is -1.68. The van der Waals surface area contributed by atoms with Crippen molar-refractivity contribution in [3.63, 3.8) is 0 Å². The summed E-state index contributed by atoms with van der Waals surface area (Å²) in [6, 6.07) is 22.0. The molecule has 2 N–H and O–H groups in total. The van der Waals surface area contributed by atoms with Crippen molar-refractivity contribution in [1.29, 1.82) is 0 Å². The summed E-state index contributed by atoms with van der Waals surface area (Å²) in [6.45, 7) is 0. The van der Waals surface area contributed by atoms with Crippen molar-refractivity contribution in [3.8, 4) is 11.1 Å². The van der Waals surface area contributed by atoms with E-state index < -0.39 is 17.8 Å². The van der Waals surface area contributed by atoms with Crippen molar-refractivity contribution in [2.75, 3.05) is 4.90 Å². The van der Waals surface area contributed by atoms with Gasteiger partial charge in [0, 0.05) is 5.69 Å². The second-order valence-corrected chi connectivity index (χ2v) is 5.68. The Labute approximate surface area is 154 Å². The number of rotatable bonds is 4. The third-order valence-electron chi connectivity index (χ3n) is 3.99. The Hall–Kier alpha value is -3.93. The highest BCUT2D eigenvalue weighted by molar-refractivity contribution is 6.39. The van der Waals surface area contributed by atoms with Crippen LogP contribution in [0.3, 0.4) is 0 Å². The van der Waals surface area contributed by atoms with Gasteiger partial charge in [0.25, 0.3) is 0 Å². The molecule has 3 aromatic rings. The molecule has 0 aliphatic rings. The summed E-state index contributed by atoms with van der Waals surface area (Å²) in [5.74, 6) is -4.17. The van der Waals surface area contributed by atoms with Crippen LogP contribution >= 0.6 is 0 Å². The number of nitrogens with zero attached hydrogens (tertiary/aromatic N) is 1. The topological polar surface area (TPSA) is 94.9 Å². The number of anilines is 2. The quantitative estimate of drug-likeness (QED) is 0.689. The van der Waals surface area contributed by atoms with Crippen molar-refractivity contribution < 1.29 is 24.6 Å². The molecule has 0 fully saturated rings. The minimum absolute atomic E-state index is 0.00939. The predicted octanol–water partition coefficient (Wildman–Crippen LogP) is 3.80. The lowest BCUT2D eigenvalue weighted by Gasteiger charge is -2.23. The number of benzene rings is 3. The Kier molecular flexibility index (Phi) is 4.99. The molecule has 0 heterocycles. The van der Waals surface area contributed by atoms with Crippen LogP contribution < -0.4 is 4.90 Å². The third-order valence-corrected chi connectivity index (χ3v) is 3.99. The van der Waals surface area contributed by atoms with Gasteiger partial charge in [-0.2, -0.15) is 0 Å². The van der Waals surface area contributed by atoms with Crippen LogP contribution in [0, 0.1) is 0 Å². The number of hydrogen-bond acceptors (Lipinski definition) is 3. The largest absolute Gasteiger partial charge is 0.478 e. The van der Waals surface area contributed by atoms with E-state index in [2.05, 4.69) is 0 Å².